The Morgan fingerprint density at radius 1 is 0.865 bits per heavy atom. The molecule has 0 fully saturated rings. The van der Waals surface area contributed by atoms with Gasteiger partial charge in [-0.05, 0) is 76.6 Å². The van der Waals surface area contributed by atoms with Gasteiger partial charge in [0.15, 0.2) is 0 Å². The molecule has 2 aromatic heterocycles. The fourth-order valence-electron chi connectivity index (χ4n) is 5.19. The van der Waals surface area contributed by atoms with Crippen LogP contribution in [0.1, 0.15) is 65.3 Å². The summed E-state index contributed by atoms with van der Waals surface area (Å²) in [6.07, 6.45) is 0.981. The molecule has 0 bridgehead atoms. The Morgan fingerprint density at radius 2 is 1.56 bits per heavy atom. The zero-order valence-corrected chi connectivity index (χ0v) is 31.2. The van der Waals surface area contributed by atoms with Crippen molar-refractivity contribution in [3.63, 3.8) is 0 Å². The Hall–Kier alpha value is -5.91. The molecule has 12 heteroatoms. The maximum atomic E-state index is 13.4. The van der Waals surface area contributed by atoms with Gasteiger partial charge in [-0.3, -0.25) is 15.0 Å². The van der Waals surface area contributed by atoms with Crippen molar-refractivity contribution in [2.24, 2.45) is 0 Å². The molecule has 2 heterocycles. The molecule has 1 atom stereocenters. The number of hydrogen-bond acceptors (Lipinski definition) is 7. The molecule has 4 amide bonds. The first-order chi connectivity index (χ1) is 24.5. The summed E-state index contributed by atoms with van der Waals surface area (Å²) in [5.41, 5.74) is 3.29. The molecule has 0 radical (unpaired) electrons. The van der Waals surface area contributed by atoms with Gasteiger partial charge in [0.1, 0.15) is 35.6 Å². The number of aryl methyl sites for hydroxylation is 1. The van der Waals surface area contributed by atoms with Crippen molar-refractivity contribution in [1.82, 2.24) is 19.7 Å². The van der Waals surface area contributed by atoms with Gasteiger partial charge < -0.3 is 20.1 Å². The summed E-state index contributed by atoms with van der Waals surface area (Å²) in [6.45, 7) is 15.4. The Balaban J connectivity index is 1.27. The minimum atomic E-state index is -0.798. The van der Waals surface area contributed by atoms with Gasteiger partial charge in [-0.25, -0.2) is 19.3 Å². The molecule has 0 aliphatic rings. The predicted octanol–water partition coefficient (Wildman–Crippen LogP) is 8.44. The summed E-state index contributed by atoms with van der Waals surface area (Å²) in [6, 6.07) is 23.4. The monoisotopic (exact) mass is 705 g/mol. The molecule has 52 heavy (non-hydrogen) atoms. The fourth-order valence-corrected chi connectivity index (χ4v) is 5.19. The highest BCUT2D eigenvalue weighted by Crippen LogP contribution is 2.33. The van der Waals surface area contributed by atoms with Crippen molar-refractivity contribution in [3.05, 3.63) is 102 Å². The van der Waals surface area contributed by atoms with Crippen LogP contribution in [0, 0.1) is 6.92 Å². The first-order valence-electron chi connectivity index (χ1n) is 17.1. The number of urea groups is 1. The number of likely N-dealkylation sites (N-methyl/N-ethyl adjacent to an activating group) is 1. The second-order valence-electron chi connectivity index (χ2n) is 14.7. The van der Waals surface area contributed by atoms with E-state index in [0.717, 1.165) is 33.3 Å². The quantitative estimate of drug-likeness (QED) is 0.140. The molecular weight excluding hydrogens is 658 g/mol. The smallest absolute Gasteiger partial charge is 0.410 e. The van der Waals surface area contributed by atoms with Crippen molar-refractivity contribution in [2.75, 3.05) is 23.0 Å². The van der Waals surface area contributed by atoms with Crippen molar-refractivity contribution in [2.45, 2.75) is 79.1 Å². The lowest BCUT2D eigenvalue weighted by Gasteiger charge is -2.28. The average Bonchev–Trinajstić information content (AvgIpc) is 3.51. The topological polar surface area (TPSA) is 140 Å². The molecule has 5 rings (SSSR count). The molecule has 0 aliphatic carbocycles. The van der Waals surface area contributed by atoms with Crippen LogP contribution in [0.15, 0.2) is 85.1 Å². The molecule has 0 saturated carbocycles. The van der Waals surface area contributed by atoms with E-state index in [1.807, 2.05) is 67.6 Å². The third-order valence-electron chi connectivity index (χ3n) is 8.24. The zero-order valence-electron chi connectivity index (χ0n) is 31.2. The minimum Gasteiger partial charge on any atom is -0.488 e. The summed E-state index contributed by atoms with van der Waals surface area (Å²) in [5.74, 6) is 1.08. The van der Waals surface area contributed by atoms with Crippen LogP contribution in [0.4, 0.5) is 26.9 Å². The number of carbonyl (C=O) groups excluding carboxylic acids is 3. The van der Waals surface area contributed by atoms with Crippen LogP contribution in [0.2, 0.25) is 0 Å². The molecule has 0 unspecified atom stereocenters. The summed E-state index contributed by atoms with van der Waals surface area (Å²) >= 11 is 0. The maximum Gasteiger partial charge on any atom is 0.410 e. The normalized spacial score (nSPS) is 12.2. The number of nitrogens with zero attached hydrogens (tertiary/aromatic N) is 4. The maximum absolute atomic E-state index is 13.4. The number of anilines is 3. The van der Waals surface area contributed by atoms with Gasteiger partial charge in [0, 0.05) is 35.5 Å². The van der Waals surface area contributed by atoms with Crippen LogP contribution in [-0.4, -0.2) is 56.4 Å². The highest BCUT2D eigenvalue weighted by atomic mass is 16.6. The summed E-state index contributed by atoms with van der Waals surface area (Å²) in [4.78, 5) is 44.3. The Bertz CT molecular complexity index is 2080. The average molecular weight is 706 g/mol. The molecular formula is C40H47N7O5. The third kappa shape index (κ3) is 9.25. The van der Waals surface area contributed by atoms with E-state index in [1.54, 1.807) is 56.8 Å². The molecule has 0 spiro atoms. The largest absolute Gasteiger partial charge is 0.488 e. The number of rotatable bonds is 9. The second-order valence-corrected chi connectivity index (χ2v) is 14.7. The van der Waals surface area contributed by atoms with Gasteiger partial charge in [-0.1, -0.05) is 62.7 Å². The van der Waals surface area contributed by atoms with E-state index in [1.165, 1.54) is 11.9 Å². The standard InChI is InChI=1S/C40H47N7O5/c1-25-14-16-28(17-15-25)47-35(23-33(45-47)39(3,4)5)44-37(49)42-31-18-19-32(30-13-11-10-12-29(30)31)51-24-27-20-21-41-34(22-27)43-36(48)26(2)46(9)38(50)52-40(6,7)8/h10-23,26H,24H2,1-9H3,(H,41,43,48)(H2,42,44,49)/t26-/m0/s1. The third-order valence-corrected chi connectivity index (χ3v) is 8.24. The van der Waals surface area contributed by atoms with Crippen LogP contribution < -0.4 is 20.7 Å². The van der Waals surface area contributed by atoms with Crippen LogP contribution in [-0.2, 0) is 21.6 Å². The van der Waals surface area contributed by atoms with E-state index in [4.69, 9.17) is 14.6 Å². The summed E-state index contributed by atoms with van der Waals surface area (Å²) < 4.78 is 13.4. The molecule has 5 aromatic rings. The number of fused-ring (bicyclic) bond motifs is 1. The minimum absolute atomic E-state index is 0.190. The lowest BCUT2D eigenvalue weighted by atomic mass is 9.92. The number of carbonyl (C=O) groups is 3. The van der Waals surface area contributed by atoms with Crippen molar-refractivity contribution < 1.29 is 23.9 Å². The van der Waals surface area contributed by atoms with Crippen molar-refractivity contribution >= 4 is 46.1 Å². The van der Waals surface area contributed by atoms with Crippen molar-refractivity contribution in [3.8, 4) is 11.4 Å². The zero-order chi connectivity index (χ0) is 37.8. The Kier molecular flexibility index (Phi) is 10.9. The molecule has 0 saturated heterocycles. The summed E-state index contributed by atoms with van der Waals surface area (Å²) in [5, 5.41) is 15.2. The molecule has 12 nitrogen and oxygen atoms in total. The van der Waals surface area contributed by atoms with Crippen molar-refractivity contribution in [1.29, 1.82) is 0 Å². The van der Waals surface area contributed by atoms with E-state index in [0.29, 0.717) is 23.1 Å². The number of ether oxygens (including phenoxy) is 2. The number of amides is 4. The van der Waals surface area contributed by atoms with E-state index in [9.17, 15) is 14.4 Å². The highest BCUT2D eigenvalue weighted by Gasteiger charge is 2.27. The molecule has 3 aromatic carbocycles. The molecule has 3 N–H and O–H groups in total. The van der Waals surface area contributed by atoms with Crippen LogP contribution >= 0.6 is 0 Å². The Morgan fingerprint density at radius 3 is 2.23 bits per heavy atom. The predicted molar refractivity (Wildman–Crippen MR) is 204 cm³/mol. The lowest BCUT2D eigenvalue weighted by molar-refractivity contribution is -0.120. The highest BCUT2D eigenvalue weighted by molar-refractivity contribution is 6.07. The van der Waals surface area contributed by atoms with Crippen LogP contribution in [0.3, 0.4) is 0 Å². The molecule has 0 aliphatic heterocycles. The van der Waals surface area contributed by atoms with Crippen LogP contribution in [0.25, 0.3) is 16.5 Å². The second kappa shape index (κ2) is 15.1. The van der Waals surface area contributed by atoms with Crippen LogP contribution in [0.5, 0.6) is 5.75 Å². The molecule has 272 valence electrons. The van der Waals surface area contributed by atoms with Gasteiger partial charge in [0.05, 0.1) is 17.1 Å². The van der Waals surface area contributed by atoms with Gasteiger partial charge in [0.2, 0.25) is 5.91 Å². The first-order valence-corrected chi connectivity index (χ1v) is 17.1. The fraction of sp³-hybridized carbons (Fsp3) is 0.325. The number of pyridine rings is 1. The van der Waals surface area contributed by atoms with Gasteiger partial charge in [-0.15, -0.1) is 0 Å². The van der Waals surface area contributed by atoms with Gasteiger partial charge in [0.25, 0.3) is 0 Å². The van der Waals surface area contributed by atoms with E-state index in [2.05, 4.69) is 41.7 Å². The summed E-state index contributed by atoms with van der Waals surface area (Å²) in [7, 11) is 1.51. The van der Waals surface area contributed by atoms with Gasteiger partial charge >= 0.3 is 12.1 Å². The van der Waals surface area contributed by atoms with Gasteiger partial charge in [-0.2, -0.15) is 5.10 Å². The number of nitrogens with one attached hydrogen (secondary N) is 3. The van der Waals surface area contributed by atoms with E-state index >= 15 is 0 Å². The van der Waals surface area contributed by atoms with E-state index < -0.39 is 29.7 Å². The first kappa shape index (κ1) is 37.3. The number of aromatic nitrogens is 3. The lowest BCUT2D eigenvalue weighted by Crippen LogP contribution is -2.45. The Labute approximate surface area is 304 Å². The number of benzene rings is 3. The number of hydrogen-bond donors (Lipinski definition) is 3. The van der Waals surface area contributed by atoms with E-state index in [-0.39, 0.29) is 12.0 Å². The SMILES string of the molecule is Cc1ccc(-n2nc(C(C)(C)C)cc2NC(=O)Nc2ccc(OCc3ccnc(NC(=O)[C@H](C)N(C)C(=O)OC(C)(C)C)c3)c3ccccc23)cc1.